The van der Waals surface area contributed by atoms with Crippen molar-refractivity contribution in [2.45, 2.75) is 17.7 Å². The standard InChI is InChI=1S/C16H20N2O5S/c1-2-9-17-24(21,22)14-7-5-13(6-8-14)16(20)23-12-11-18-10-3-4-15(18)19/h2,5-8,17H,1,3-4,9-12H2. The van der Waals surface area contributed by atoms with Crippen LogP contribution < -0.4 is 4.72 Å². The highest BCUT2D eigenvalue weighted by Gasteiger charge is 2.20. The predicted octanol–water partition coefficient (Wildman–Crippen LogP) is 0.930. The van der Waals surface area contributed by atoms with Crippen LogP contribution in [-0.4, -0.2) is 51.4 Å². The normalized spacial score (nSPS) is 14.7. The summed E-state index contributed by atoms with van der Waals surface area (Å²) in [4.78, 5) is 25.1. The second kappa shape index (κ2) is 8.07. The molecule has 1 aliphatic heterocycles. The van der Waals surface area contributed by atoms with E-state index in [1.165, 1.54) is 30.3 Å². The number of likely N-dealkylation sites (tertiary alicyclic amines) is 1. The molecule has 0 spiro atoms. The van der Waals surface area contributed by atoms with Crippen LogP contribution in [-0.2, 0) is 19.6 Å². The number of rotatable bonds is 8. The molecule has 1 aromatic rings. The minimum absolute atomic E-state index is 0.0589. The Kier molecular flexibility index (Phi) is 6.10. The summed E-state index contributed by atoms with van der Waals surface area (Å²) < 4.78 is 31.3. The van der Waals surface area contributed by atoms with E-state index in [-0.39, 0.29) is 29.5 Å². The van der Waals surface area contributed by atoms with E-state index >= 15 is 0 Å². The van der Waals surface area contributed by atoms with Gasteiger partial charge >= 0.3 is 5.97 Å². The minimum atomic E-state index is -3.62. The molecule has 0 aliphatic carbocycles. The number of carbonyl (C=O) groups excluding carboxylic acids is 2. The summed E-state index contributed by atoms with van der Waals surface area (Å²) in [7, 11) is -3.62. The molecule has 1 heterocycles. The van der Waals surface area contributed by atoms with Crippen LogP contribution in [0.25, 0.3) is 0 Å². The molecule has 1 N–H and O–H groups in total. The zero-order chi connectivity index (χ0) is 17.6. The van der Waals surface area contributed by atoms with Gasteiger partial charge in [0.25, 0.3) is 0 Å². The number of hydrogen-bond acceptors (Lipinski definition) is 5. The van der Waals surface area contributed by atoms with Crippen LogP contribution in [0.5, 0.6) is 0 Å². The topological polar surface area (TPSA) is 92.8 Å². The van der Waals surface area contributed by atoms with Gasteiger partial charge in [-0.25, -0.2) is 17.9 Å². The molecule has 1 fully saturated rings. The Labute approximate surface area is 141 Å². The number of carbonyl (C=O) groups is 2. The van der Waals surface area contributed by atoms with Gasteiger partial charge in [-0.1, -0.05) is 6.08 Å². The van der Waals surface area contributed by atoms with Crippen LogP contribution in [0.15, 0.2) is 41.8 Å². The van der Waals surface area contributed by atoms with Gasteiger partial charge in [-0.2, -0.15) is 0 Å². The van der Waals surface area contributed by atoms with Crippen molar-refractivity contribution >= 4 is 21.9 Å². The van der Waals surface area contributed by atoms with Crippen LogP contribution in [0.3, 0.4) is 0 Å². The van der Waals surface area contributed by atoms with Crippen LogP contribution in [0, 0.1) is 0 Å². The lowest BCUT2D eigenvalue weighted by Crippen LogP contribution is -2.29. The van der Waals surface area contributed by atoms with Crippen LogP contribution in [0.4, 0.5) is 0 Å². The zero-order valence-electron chi connectivity index (χ0n) is 13.2. The molecule has 1 aliphatic rings. The summed E-state index contributed by atoms with van der Waals surface area (Å²) >= 11 is 0. The number of benzene rings is 1. The van der Waals surface area contributed by atoms with Gasteiger partial charge in [0.1, 0.15) is 6.61 Å². The summed E-state index contributed by atoms with van der Waals surface area (Å²) in [6.45, 7) is 4.76. The van der Waals surface area contributed by atoms with Gasteiger partial charge in [-0.15, -0.1) is 6.58 Å². The molecule has 130 valence electrons. The molecule has 0 unspecified atom stereocenters. The van der Waals surface area contributed by atoms with Gasteiger partial charge in [0.15, 0.2) is 0 Å². The second-order valence-corrected chi connectivity index (χ2v) is 7.05. The molecule has 7 nitrogen and oxygen atoms in total. The van der Waals surface area contributed by atoms with E-state index in [9.17, 15) is 18.0 Å². The maximum atomic E-state index is 11.9. The fraction of sp³-hybridized carbons (Fsp3) is 0.375. The predicted molar refractivity (Wildman–Crippen MR) is 87.9 cm³/mol. The van der Waals surface area contributed by atoms with E-state index in [4.69, 9.17) is 4.74 Å². The molecule has 0 saturated carbocycles. The molecular formula is C16H20N2O5S. The highest BCUT2D eigenvalue weighted by Crippen LogP contribution is 2.12. The molecule has 1 saturated heterocycles. The smallest absolute Gasteiger partial charge is 0.338 e. The summed E-state index contributed by atoms with van der Waals surface area (Å²) in [5.74, 6) is -0.475. The fourth-order valence-corrected chi connectivity index (χ4v) is 3.29. The quantitative estimate of drug-likeness (QED) is 0.555. The van der Waals surface area contributed by atoms with E-state index in [2.05, 4.69) is 11.3 Å². The molecular weight excluding hydrogens is 332 g/mol. The van der Waals surface area contributed by atoms with Gasteiger partial charge < -0.3 is 9.64 Å². The number of ether oxygens (including phenoxy) is 1. The van der Waals surface area contributed by atoms with E-state index in [1.54, 1.807) is 4.90 Å². The largest absolute Gasteiger partial charge is 0.460 e. The van der Waals surface area contributed by atoms with E-state index < -0.39 is 16.0 Å². The van der Waals surface area contributed by atoms with Crippen molar-refractivity contribution in [3.05, 3.63) is 42.5 Å². The van der Waals surface area contributed by atoms with Gasteiger partial charge in [0.2, 0.25) is 15.9 Å². The van der Waals surface area contributed by atoms with Crippen molar-refractivity contribution in [1.82, 2.24) is 9.62 Å². The summed E-state index contributed by atoms with van der Waals surface area (Å²) in [5, 5.41) is 0. The monoisotopic (exact) mass is 352 g/mol. The average Bonchev–Trinajstić information content (AvgIpc) is 2.98. The summed E-state index contributed by atoms with van der Waals surface area (Å²) in [6.07, 6.45) is 2.82. The van der Waals surface area contributed by atoms with Crippen LogP contribution >= 0.6 is 0 Å². The first kappa shape index (κ1) is 18.2. The summed E-state index contributed by atoms with van der Waals surface area (Å²) in [6, 6.07) is 5.47. The van der Waals surface area contributed by atoms with Crippen LogP contribution in [0.2, 0.25) is 0 Å². The Hall–Kier alpha value is -2.19. The van der Waals surface area contributed by atoms with Gasteiger partial charge in [0.05, 0.1) is 17.0 Å². The molecule has 0 atom stereocenters. The van der Waals surface area contributed by atoms with Crippen molar-refractivity contribution in [3.63, 3.8) is 0 Å². The Morgan fingerprint density at radius 2 is 2.04 bits per heavy atom. The molecule has 0 radical (unpaired) electrons. The van der Waals surface area contributed by atoms with Crippen molar-refractivity contribution in [2.24, 2.45) is 0 Å². The molecule has 1 amide bonds. The number of amides is 1. The number of sulfonamides is 1. The highest BCUT2D eigenvalue weighted by atomic mass is 32.2. The van der Waals surface area contributed by atoms with Crippen molar-refractivity contribution in [1.29, 1.82) is 0 Å². The van der Waals surface area contributed by atoms with E-state index in [0.717, 1.165) is 6.42 Å². The second-order valence-electron chi connectivity index (χ2n) is 5.29. The zero-order valence-corrected chi connectivity index (χ0v) is 14.0. The van der Waals surface area contributed by atoms with Crippen molar-refractivity contribution < 1.29 is 22.7 Å². The lowest BCUT2D eigenvalue weighted by molar-refractivity contribution is -0.128. The highest BCUT2D eigenvalue weighted by molar-refractivity contribution is 7.89. The first-order valence-electron chi connectivity index (χ1n) is 7.59. The molecule has 1 aromatic carbocycles. The van der Waals surface area contributed by atoms with E-state index in [0.29, 0.717) is 19.5 Å². The van der Waals surface area contributed by atoms with Crippen molar-refractivity contribution in [2.75, 3.05) is 26.2 Å². The van der Waals surface area contributed by atoms with E-state index in [1.807, 2.05) is 0 Å². The number of hydrogen-bond donors (Lipinski definition) is 1. The Morgan fingerprint density at radius 3 is 2.62 bits per heavy atom. The molecule has 0 bridgehead atoms. The first-order chi connectivity index (χ1) is 11.4. The lowest BCUT2D eigenvalue weighted by atomic mass is 10.2. The van der Waals surface area contributed by atoms with Crippen molar-refractivity contribution in [3.8, 4) is 0 Å². The number of esters is 1. The fourth-order valence-electron chi connectivity index (χ4n) is 2.29. The average molecular weight is 352 g/mol. The third-order valence-corrected chi connectivity index (χ3v) is 5.02. The molecule has 2 rings (SSSR count). The van der Waals surface area contributed by atoms with Gasteiger partial charge in [-0.05, 0) is 30.7 Å². The van der Waals surface area contributed by atoms with Gasteiger partial charge in [-0.3, -0.25) is 4.79 Å². The third kappa shape index (κ3) is 4.65. The van der Waals surface area contributed by atoms with Gasteiger partial charge in [0, 0.05) is 19.5 Å². The SMILES string of the molecule is C=CCNS(=O)(=O)c1ccc(C(=O)OCCN2CCCC2=O)cc1. The Morgan fingerprint density at radius 1 is 1.33 bits per heavy atom. The Bertz CT molecular complexity index is 712. The molecule has 24 heavy (non-hydrogen) atoms. The number of nitrogens with one attached hydrogen (secondary N) is 1. The minimum Gasteiger partial charge on any atom is -0.460 e. The first-order valence-corrected chi connectivity index (χ1v) is 9.08. The maximum absolute atomic E-state index is 11.9. The number of nitrogens with zero attached hydrogens (tertiary/aromatic N) is 1. The molecule has 0 aromatic heterocycles. The Balaban J connectivity index is 1.89. The maximum Gasteiger partial charge on any atom is 0.338 e. The summed E-state index contributed by atoms with van der Waals surface area (Å²) in [5.41, 5.74) is 0.255. The lowest BCUT2D eigenvalue weighted by Gasteiger charge is -2.15. The van der Waals surface area contributed by atoms with Crippen LogP contribution in [0.1, 0.15) is 23.2 Å². The molecule has 8 heteroatoms. The third-order valence-electron chi connectivity index (χ3n) is 3.58.